The number of benzene rings is 2. The number of hydrogen-bond acceptors (Lipinski definition) is 3. The molecule has 2 aromatic carbocycles. The molecular formula is C24H30Cl2N2O3. The van der Waals surface area contributed by atoms with E-state index in [1.807, 2.05) is 31.2 Å². The highest BCUT2D eigenvalue weighted by Gasteiger charge is 2.29. The van der Waals surface area contributed by atoms with Crippen molar-refractivity contribution in [2.75, 3.05) is 13.7 Å². The van der Waals surface area contributed by atoms with Gasteiger partial charge in [-0.2, -0.15) is 0 Å². The summed E-state index contributed by atoms with van der Waals surface area (Å²) in [7, 11) is 1.60. The first-order valence-corrected chi connectivity index (χ1v) is 11.3. The number of unbranched alkanes of at least 4 members (excludes halogenated alkanes) is 1. The van der Waals surface area contributed by atoms with Crippen LogP contribution in [0.25, 0.3) is 0 Å². The van der Waals surface area contributed by atoms with Gasteiger partial charge in [0.1, 0.15) is 11.8 Å². The van der Waals surface area contributed by atoms with Crippen LogP contribution < -0.4 is 10.1 Å². The SMILES string of the molecule is CCCCNC(=O)C(CC)N(Cc1ccc(Cl)cc1Cl)C(=O)Cc1ccc(OC)cc1. The molecule has 0 bridgehead atoms. The first-order valence-electron chi connectivity index (χ1n) is 10.5. The third-order valence-corrected chi connectivity index (χ3v) is 5.67. The minimum Gasteiger partial charge on any atom is -0.497 e. The average Bonchev–Trinajstić information content (AvgIpc) is 2.75. The smallest absolute Gasteiger partial charge is 0.242 e. The number of nitrogens with one attached hydrogen (secondary N) is 1. The lowest BCUT2D eigenvalue weighted by Crippen LogP contribution is -2.49. The van der Waals surface area contributed by atoms with Gasteiger partial charge in [-0.15, -0.1) is 0 Å². The Hall–Kier alpha value is -2.24. The molecule has 0 radical (unpaired) electrons. The lowest BCUT2D eigenvalue weighted by molar-refractivity contribution is -0.140. The summed E-state index contributed by atoms with van der Waals surface area (Å²) in [5.41, 5.74) is 1.59. The zero-order valence-corrected chi connectivity index (χ0v) is 19.8. The molecule has 0 saturated heterocycles. The van der Waals surface area contributed by atoms with Gasteiger partial charge < -0.3 is 15.0 Å². The number of carbonyl (C=O) groups is 2. The van der Waals surface area contributed by atoms with Crippen molar-refractivity contribution in [3.8, 4) is 5.75 Å². The molecule has 0 aliphatic heterocycles. The number of carbonyl (C=O) groups excluding carboxylic acids is 2. The van der Waals surface area contributed by atoms with Crippen molar-refractivity contribution >= 4 is 35.0 Å². The van der Waals surface area contributed by atoms with Crippen molar-refractivity contribution in [1.82, 2.24) is 10.2 Å². The van der Waals surface area contributed by atoms with Crippen molar-refractivity contribution in [2.45, 2.75) is 52.1 Å². The normalized spacial score (nSPS) is 11.6. The molecule has 1 N–H and O–H groups in total. The van der Waals surface area contributed by atoms with E-state index in [-0.39, 0.29) is 24.8 Å². The Labute approximate surface area is 194 Å². The maximum Gasteiger partial charge on any atom is 0.242 e. The van der Waals surface area contributed by atoms with Crippen LogP contribution in [0.15, 0.2) is 42.5 Å². The number of ether oxygens (including phenoxy) is 1. The van der Waals surface area contributed by atoms with Gasteiger partial charge in [-0.25, -0.2) is 0 Å². The van der Waals surface area contributed by atoms with E-state index in [9.17, 15) is 9.59 Å². The van der Waals surface area contributed by atoms with Crippen LogP contribution in [0.3, 0.4) is 0 Å². The lowest BCUT2D eigenvalue weighted by atomic mass is 10.1. The highest BCUT2D eigenvalue weighted by Crippen LogP contribution is 2.24. The van der Waals surface area contributed by atoms with Crippen LogP contribution in [0, 0.1) is 0 Å². The average molecular weight is 465 g/mol. The molecule has 1 atom stereocenters. The van der Waals surface area contributed by atoms with E-state index in [0.29, 0.717) is 23.0 Å². The summed E-state index contributed by atoms with van der Waals surface area (Å²) >= 11 is 12.4. The summed E-state index contributed by atoms with van der Waals surface area (Å²) in [5.74, 6) is 0.431. The molecule has 2 amide bonds. The summed E-state index contributed by atoms with van der Waals surface area (Å²) in [6.45, 7) is 4.79. The van der Waals surface area contributed by atoms with Gasteiger partial charge >= 0.3 is 0 Å². The zero-order chi connectivity index (χ0) is 22.8. The van der Waals surface area contributed by atoms with Crippen LogP contribution in [0.5, 0.6) is 5.75 Å². The molecule has 0 aliphatic carbocycles. The number of nitrogens with zero attached hydrogens (tertiary/aromatic N) is 1. The van der Waals surface area contributed by atoms with Crippen molar-refractivity contribution in [3.63, 3.8) is 0 Å². The second kappa shape index (κ2) is 12.6. The monoisotopic (exact) mass is 464 g/mol. The maximum atomic E-state index is 13.3. The highest BCUT2D eigenvalue weighted by molar-refractivity contribution is 6.35. The van der Waals surface area contributed by atoms with Crippen LogP contribution in [-0.4, -0.2) is 36.4 Å². The minimum atomic E-state index is -0.589. The molecule has 31 heavy (non-hydrogen) atoms. The van der Waals surface area contributed by atoms with Crippen LogP contribution >= 0.6 is 23.2 Å². The van der Waals surface area contributed by atoms with Gasteiger partial charge in [-0.05, 0) is 48.2 Å². The lowest BCUT2D eigenvalue weighted by Gasteiger charge is -2.31. The van der Waals surface area contributed by atoms with E-state index in [4.69, 9.17) is 27.9 Å². The number of rotatable bonds is 11. The van der Waals surface area contributed by atoms with E-state index in [1.165, 1.54) is 0 Å². The van der Waals surface area contributed by atoms with Crippen LogP contribution in [-0.2, 0) is 22.6 Å². The number of hydrogen-bond donors (Lipinski definition) is 1. The zero-order valence-electron chi connectivity index (χ0n) is 18.3. The Morgan fingerprint density at radius 2 is 1.81 bits per heavy atom. The largest absolute Gasteiger partial charge is 0.497 e. The molecule has 2 rings (SSSR count). The van der Waals surface area contributed by atoms with Crippen LogP contribution in [0.1, 0.15) is 44.2 Å². The fourth-order valence-corrected chi connectivity index (χ4v) is 3.75. The summed E-state index contributed by atoms with van der Waals surface area (Å²) in [5, 5.41) is 3.95. The van der Waals surface area contributed by atoms with Gasteiger partial charge in [0.25, 0.3) is 0 Å². The predicted octanol–water partition coefficient (Wildman–Crippen LogP) is 5.27. The molecule has 168 valence electrons. The topological polar surface area (TPSA) is 58.6 Å². The predicted molar refractivity (Wildman–Crippen MR) is 126 cm³/mol. The molecule has 0 heterocycles. The summed E-state index contributed by atoms with van der Waals surface area (Å²) in [4.78, 5) is 27.8. The van der Waals surface area contributed by atoms with Crippen molar-refractivity contribution in [2.24, 2.45) is 0 Å². The van der Waals surface area contributed by atoms with E-state index < -0.39 is 6.04 Å². The van der Waals surface area contributed by atoms with Crippen molar-refractivity contribution in [1.29, 1.82) is 0 Å². The van der Waals surface area contributed by atoms with E-state index in [1.54, 1.807) is 30.2 Å². The quantitative estimate of drug-likeness (QED) is 0.460. The van der Waals surface area contributed by atoms with Crippen LogP contribution in [0.2, 0.25) is 10.0 Å². The second-order valence-corrected chi connectivity index (χ2v) is 8.19. The number of methoxy groups -OCH3 is 1. The third-order valence-electron chi connectivity index (χ3n) is 5.09. The summed E-state index contributed by atoms with van der Waals surface area (Å²) in [6, 6.07) is 11.9. The summed E-state index contributed by atoms with van der Waals surface area (Å²) < 4.78 is 5.18. The third kappa shape index (κ3) is 7.44. The molecular weight excluding hydrogens is 435 g/mol. The summed E-state index contributed by atoms with van der Waals surface area (Å²) in [6.07, 6.45) is 2.55. The fourth-order valence-electron chi connectivity index (χ4n) is 3.28. The Morgan fingerprint density at radius 1 is 1.10 bits per heavy atom. The molecule has 5 nitrogen and oxygen atoms in total. The minimum absolute atomic E-state index is 0.145. The molecule has 7 heteroatoms. The fraction of sp³-hybridized carbons (Fsp3) is 0.417. The molecule has 0 saturated carbocycles. The molecule has 0 aliphatic rings. The highest BCUT2D eigenvalue weighted by atomic mass is 35.5. The first-order chi connectivity index (χ1) is 14.9. The number of amides is 2. The van der Waals surface area contributed by atoms with E-state index in [0.717, 1.165) is 29.7 Å². The van der Waals surface area contributed by atoms with Gasteiger partial charge in [0.05, 0.1) is 13.5 Å². The molecule has 0 aromatic heterocycles. The first kappa shape index (κ1) is 25.0. The standard InChI is InChI=1S/C24H30Cl2N2O3/c1-4-6-13-27-24(30)22(5-2)28(16-18-9-10-19(25)15-21(18)26)23(29)14-17-7-11-20(31-3)12-8-17/h7-12,15,22H,4-6,13-14,16H2,1-3H3,(H,27,30). The molecule has 0 fully saturated rings. The maximum absolute atomic E-state index is 13.3. The van der Waals surface area contributed by atoms with Crippen LogP contribution in [0.4, 0.5) is 0 Å². The molecule has 0 spiro atoms. The molecule has 2 aromatic rings. The van der Waals surface area contributed by atoms with Gasteiger partial charge in [-0.1, -0.05) is 61.7 Å². The Balaban J connectivity index is 2.27. The van der Waals surface area contributed by atoms with E-state index in [2.05, 4.69) is 12.2 Å². The van der Waals surface area contributed by atoms with Crippen molar-refractivity contribution < 1.29 is 14.3 Å². The molecule has 1 unspecified atom stereocenters. The Bertz CT molecular complexity index is 872. The van der Waals surface area contributed by atoms with E-state index >= 15 is 0 Å². The van der Waals surface area contributed by atoms with Gasteiger partial charge in [-0.3, -0.25) is 9.59 Å². The van der Waals surface area contributed by atoms with Crippen molar-refractivity contribution in [3.05, 3.63) is 63.6 Å². The van der Waals surface area contributed by atoms with Gasteiger partial charge in [0, 0.05) is 23.1 Å². The Kier molecular flexibility index (Phi) is 10.2. The second-order valence-electron chi connectivity index (χ2n) is 7.35. The van der Waals surface area contributed by atoms with Gasteiger partial charge in [0.2, 0.25) is 11.8 Å². The number of halogens is 2. The Morgan fingerprint density at radius 3 is 2.39 bits per heavy atom. The van der Waals surface area contributed by atoms with Gasteiger partial charge in [0.15, 0.2) is 0 Å².